The number of phenolic OH excluding ortho intramolecular Hbond substituents is 1. The normalized spacial score (nSPS) is 10.8. The standard InChI is InChI=1S/C9H7ClN4O3S/c1-18-9(12-4-11)13-7-3-5(14(16)17)2-6(10)8(7)15/h2-3,15H,1H3,(H,12,13). The van der Waals surface area contributed by atoms with E-state index in [1.807, 2.05) is 0 Å². The lowest BCUT2D eigenvalue weighted by molar-refractivity contribution is -0.384. The number of amidine groups is 1. The molecule has 0 heterocycles. The van der Waals surface area contributed by atoms with Crippen molar-refractivity contribution < 1.29 is 10.0 Å². The van der Waals surface area contributed by atoms with Crippen LogP contribution >= 0.6 is 23.4 Å². The molecule has 9 heteroatoms. The fraction of sp³-hybridized carbons (Fsp3) is 0.111. The highest BCUT2D eigenvalue weighted by atomic mass is 35.5. The molecule has 0 spiro atoms. The summed E-state index contributed by atoms with van der Waals surface area (Å²) in [4.78, 5) is 13.9. The number of benzene rings is 1. The zero-order chi connectivity index (χ0) is 13.7. The summed E-state index contributed by atoms with van der Waals surface area (Å²) in [5.41, 5.74) is -0.379. The van der Waals surface area contributed by atoms with E-state index in [1.165, 1.54) is 0 Å². The quantitative estimate of drug-likeness (QED) is 0.216. The Morgan fingerprint density at radius 3 is 2.89 bits per heavy atom. The first-order chi connectivity index (χ1) is 8.49. The Hall–Kier alpha value is -1.98. The summed E-state index contributed by atoms with van der Waals surface area (Å²) in [6.45, 7) is 0. The lowest BCUT2D eigenvalue weighted by Crippen LogP contribution is -2.12. The molecular weight excluding hydrogens is 280 g/mol. The maximum Gasteiger partial charge on any atom is 0.273 e. The SMILES string of the molecule is CSC(=Nc1cc([N+](=O)[O-])cc(Cl)c1O)NC#N. The maximum atomic E-state index is 10.6. The summed E-state index contributed by atoms with van der Waals surface area (Å²) in [7, 11) is 0. The molecule has 0 unspecified atom stereocenters. The number of nitrogens with one attached hydrogen (secondary N) is 1. The van der Waals surface area contributed by atoms with E-state index in [-0.39, 0.29) is 27.3 Å². The predicted octanol–water partition coefficient (Wildman–Crippen LogP) is 2.37. The Balaban J connectivity index is 3.31. The number of hydrogen-bond donors (Lipinski definition) is 2. The fourth-order valence-electron chi connectivity index (χ4n) is 1.04. The summed E-state index contributed by atoms with van der Waals surface area (Å²) in [6, 6.07) is 2.09. The average molecular weight is 287 g/mol. The van der Waals surface area contributed by atoms with Gasteiger partial charge in [-0.1, -0.05) is 23.4 Å². The highest BCUT2D eigenvalue weighted by molar-refractivity contribution is 8.13. The minimum absolute atomic E-state index is 0.0821. The topological polar surface area (TPSA) is 112 Å². The second-order valence-corrected chi connectivity index (χ2v) is 4.11. The molecule has 1 aromatic carbocycles. The average Bonchev–Trinajstić information content (AvgIpc) is 2.33. The van der Waals surface area contributed by atoms with Crippen LogP contribution in [0, 0.1) is 21.6 Å². The zero-order valence-electron chi connectivity index (χ0n) is 9.05. The van der Waals surface area contributed by atoms with Crippen LogP contribution in [-0.4, -0.2) is 21.5 Å². The molecule has 7 nitrogen and oxygen atoms in total. The number of nitro groups is 1. The van der Waals surface area contributed by atoms with Gasteiger partial charge in [0.2, 0.25) is 0 Å². The molecule has 0 aliphatic heterocycles. The largest absolute Gasteiger partial charge is 0.504 e. The van der Waals surface area contributed by atoms with Crippen LogP contribution < -0.4 is 5.32 Å². The predicted molar refractivity (Wildman–Crippen MR) is 69.1 cm³/mol. The number of hydrogen-bond acceptors (Lipinski definition) is 6. The Kier molecular flexibility index (Phi) is 4.76. The molecule has 0 fully saturated rings. The lowest BCUT2D eigenvalue weighted by atomic mass is 10.2. The first-order valence-electron chi connectivity index (χ1n) is 4.44. The molecule has 18 heavy (non-hydrogen) atoms. The third-order valence-corrected chi connectivity index (χ3v) is 2.69. The van der Waals surface area contributed by atoms with E-state index in [9.17, 15) is 15.2 Å². The van der Waals surface area contributed by atoms with Gasteiger partial charge in [-0.05, 0) is 6.26 Å². The molecule has 1 rings (SSSR count). The number of nitriles is 1. The summed E-state index contributed by atoms with van der Waals surface area (Å²) in [6.07, 6.45) is 3.31. The van der Waals surface area contributed by atoms with Crippen molar-refractivity contribution in [3.63, 3.8) is 0 Å². The van der Waals surface area contributed by atoms with E-state index in [1.54, 1.807) is 12.4 Å². The summed E-state index contributed by atoms with van der Waals surface area (Å²) in [5.74, 6) is -0.381. The molecule has 0 aliphatic carbocycles. The van der Waals surface area contributed by atoms with Crippen LogP contribution in [0.5, 0.6) is 5.75 Å². The van der Waals surface area contributed by atoms with Gasteiger partial charge in [-0.25, -0.2) is 4.99 Å². The molecule has 0 saturated heterocycles. The van der Waals surface area contributed by atoms with Gasteiger partial charge < -0.3 is 5.11 Å². The molecule has 94 valence electrons. The number of phenols is 1. The fourth-order valence-corrected chi connectivity index (χ4v) is 1.59. The molecule has 2 N–H and O–H groups in total. The van der Waals surface area contributed by atoms with Crippen LogP contribution in [0.25, 0.3) is 0 Å². The highest BCUT2D eigenvalue weighted by Crippen LogP contribution is 2.38. The second kappa shape index (κ2) is 6.09. The van der Waals surface area contributed by atoms with Crippen molar-refractivity contribution in [2.75, 3.05) is 6.26 Å². The first-order valence-corrected chi connectivity index (χ1v) is 6.04. The number of halogens is 1. The summed E-state index contributed by atoms with van der Waals surface area (Å²) in [5, 5.41) is 31.0. The van der Waals surface area contributed by atoms with Crippen LogP contribution in [0.1, 0.15) is 0 Å². The van der Waals surface area contributed by atoms with Crippen LogP contribution in [0.4, 0.5) is 11.4 Å². The van der Waals surface area contributed by atoms with E-state index < -0.39 is 4.92 Å². The molecule has 0 amide bonds. The van der Waals surface area contributed by atoms with Gasteiger partial charge in [-0.3, -0.25) is 15.4 Å². The molecular formula is C9H7ClN4O3S. The minimum atomic E-state index is -0.652. The van der Waals surface area contributed by atoms with Crippen LogP contribution in [0.3, 0.4) is 0 Å². The number of aromatic hydroxyl groups is 1. The van der Waals surface area contributed by atoms with E-state index in [0.29, 0.717) is 0 Å². The number of rotatable bonds is 2. The van der Waals surface area contributed by atoms with Gasteiger partial charge in [0.05, 0.1) is 9.95 Å². The van der Waals surface area contributed by atoms with Gasteiger partial charge in [0.25, 0.3) is 5.69 Å². The minimum Gasteiger partial charge on any atom is -0.504 e. The highest BCUT2D eigenvalue weighted by Gasteiger charge is 2.15. The molecule has 0 aliphatic rings. The van der Waals surface area contributed by atoms with Crippen molar-refractivity contribution in [2.45, 2.75) is 0 Å². The Bertz CT molecular complexity index is 555. The van der Waals surface area contributed by atoms with Crippen molar-refractivity contribution in [3.05, 3.63) is 27.3 Å². The van der Waals surface area contributed by atoms with Crippen molar-refractivity contribution >= 4 is 39.9 Å². The molecule has 0 atom stereocenters. The lowest BCUT2D eigenvalue weighted by Gasteiger charge is -2.04. The number of aliphatic imine (C=N–C) groups is 1. The van der Waals surface area contributed by atoms with Gasteiger partial charge >= 0.3 is 0 Å². The van der Waals surface area contributed by atoms with Crippen LogP contribution in [0.2, 0.25) is 5.02 Å². The van der Waals surface area contributed by atoms with Crippen molar-refractivity contribution in [3.8, 4) is 11.9 Å². The second-order valence-electron chi connectivity index (χ2n) is 2.91. The third-order valence-electron chi connectivity index (χ3n) is 1.82. The van der Waals surface area contributed by atoms with E-state index in [4.69, 9.17) is 16.9 Å². The van der Waals surface area contributed by atoms with Gasteiger partial charge in [0.1, 0.15) is 5.69 Å². The number of nitro benzene ring substituents is 1. The number of thioether (sulfide) groups is 1. The number of nitrogens with zero attached hydrogens (tertiary/aromatic N) is 3. The summed E-state index contributed by atoms with van der Waals surface area (Å²) >= 11 is 6.76. The van der Waals surface area contributed by atoms with Gasteiger partial charge in [-0.2, -0.15) is 5.26 Å². The Labute approximate surface area is 111 Å². The molecule has 1 aromatic rings. The van der Waals surface area contributed by atoms with E-state index in [0.717, 1.165) is 23.9 Å². The smallest absolute Gasteiger partial charge is 0.273 e. The number of non-ortho nitro benzene ring substituents is 1. The Morgan fingerprint density at radius 2 is 2.39 bits per heavy atom. The van der Waals surface area contributed by atoms with Gasteiger partial charge in [-0.15, -0.1) is 0 Å². The first kappa shape index (κ1) is 14.1. The van der Waals surface area contributed by atoms with Crippen LogP contribution in [-0.2, 0) is 0 Å². The van der Waals surface area contributed by atoms with Crippen molar-refractivity contribution in [1.29, 1.82) is 5.26 Å². The maximum absolute atomic E-state index is 10.6. The molecule has 0 aromatic heterocycles. The van der Waals surface area contributed by atoms with E-state index in [2.05, 4.69) is 10.3 Å². The van der Waals surface area contributed by atoms with Gasteiger partial charge in [0, 0.05) is 12.1 Å². The molecule has 0 bridgehead atoms. The zero-order valence-corrected chi connectivity index (χ0v) is 10.6. The summed E-state index contributed by atoms with van der Waals surface area (Å²) < 4.78 is 0. The third kappa shape index (κ3) is 3.26. The van der Waals surface area contributed by atoms with Crippen molar-refractivity contribution in [2.24, 2.45) is 4.99 Å². The monoisotopic (exact) mass is 286 g/mol. The molecule has 0 saturated carbocycles. The van der Waals surface area contributed by atoms with E-state index >= 15 is 0 Å². The molecule has 0 radical (unpaired) electrons. The van der Waals surface area contributed by atoms with Crippen molar-refractivity contribution in [1.82, 2.24) is 5.32 Å². The van der Waals surface area contributed by atoms with Crippen LogP contribution in [0.15, 0.2) is 17.1 Å². The Morgan fingerprint density at radius 1 is 1.72 bits per heavy atom. The van der Waals surface area contributed by atoms with Gasteiger partial charge in [0.15, 0.2) is 17.1 Å².